The number of benzene rings is 1. The van der Waals surface area contributed by atoms with Gasteiger partial charge in [-0.05, 0) is 24.1 Å². The summed E-state index contributed by atoms with van der Waals surface area (Å²) in [4.78, 5) is 6.40. The lowest BCUT2D eigenvalue weighted by Gasteiger charge is -2.22. The molecule has 21 heavy (non-hydrogen) atoms. The van der Waals surface area contributed by atoms with E-state index in [0.29, 0.717) is 37.6 Å². The molecule has 1 saturated heterocycles. The Morgan fingerprint density at radius 1 is 1.38 bits per heavy atom. The Balaban J connectivity index is 1.77. The Labute approximate surface area is 122 Å². The third-order valence-electron chi connectivity index (χ3n) is 3.79. The van der Waals surface area contributed by atoms with Crippen molar-refractivity contribution in [2.24, 2.45) is 0 Å². The minimum absolute atomic E-state index is 0.0455. The molecule has 1 aliphatic heterocycles. The molecule has 3 rings (SSSR count). The molecule has 2 heterocycles. The van der Waals surface area contributed by atoms with E-state index in [1.807, 2.05) is 6.92 Å². The van der Waals surface area contributed by atoms with E-state index in [4.69, 9.17) is 4.52 Å². The summed E-state index contributed by atoms with van der Waals surface area (Å²) in [5, 5.41) is 13.9. The molecule has 1 N–H and O–H groups in total. The van der Waals surface area contributed by atoms with E-state index in [9.17, 15) is 9.50 Å². The van der Waals surface area contributed by atoms with Crippen LogP contribution in [0.5, 0.6) is 0 Å². The zero-order valence-corrected chi connectivity index (χ0v) is 11.9. The summed E-state index contributed by atoms with van der Waals surface area (Å²) in [6.07, 6.45) is 0.943. The van der Waals surface area contributed by atoms with Crippen molar-refractivity contribution in [2.45, 2.75) is 38.5 Å². The van der Waals surface area contributed by atoms with Gasteiger partial charge in [0.25, 0.3) is 0 Å². The van der Waals surface area contributed by atoms with Crippen LogP contribution in [0.15, 0.2) is 28.8 Å². The third-order valence-corrected chi connectivity index (χ3v) is 3.79. The number of halogens is 1. The predicted molar refractivity (Wildman–Crippen MR) is 73.9 cm³/mol. The lowest BCUT2D eigenvalue weighted by atomic mass is 10.0. The second kappa shape index (κ2) is 5.91. The van der Waals surface area contributed by atoms with Crippen LogP contribution in [0.1, 0.15) is 36.7 Å². The van der Waals surface area contributed by atoms with E-state index in [2.05, 4.69) is 15.0 Å². The van der Waals surface area contributed by atoms with Crippen LogP contribution in [0.4, 0.5) is 4.39 Å². The number of nitrogens with zero attached hydrogens (tertiary/aromatic N) is 3. The topological polar surface area (TPSA) is 62.4 Å². The van der Waals surface area contributed by atoms with Gasteiger partial charge in [-0.2, -0.15) is 4.98 Å². The van der Waals surface area contributed by atoms with Gasteiger partial charge in [-0.3, -0.25) is 4.90 Å². The highest BCUT2D eigenvalue weighted by molar-refractivity contribution is 5.21. The van der Waals surface area contributed by atoms with Crippen molar-refractivity contribution in [1.29, 1.82) is 0 Å². The van der Waals surface area contributed by atoms with Crippen LogP contribution in [0.3, 0.4) is 0 Å². The van der Waals surface area contributed by atoms with Gasteiger partial charge in [0.15, 0.2) is 5.82 Å². The van der Waals surface area contributed by atoms with Gasteiger partial charge in [-0.15, -0.1) is 0 Å². The number of aliphatic hydroxyl groups excluding tert-OH is 1. The maximum absolute atomic E-state index is 13.0. The summed E-state index contributed by atoms with van der Waals surface area (Å²) in [5.74, 6) is 0.978. The van der Waals surface area contributed by atoms with Crippen molar-refractivity contribution in [3.63, 3.8) is 0 Å². The quantitative estimate of drug-likeness (QED) is 0.934. The summed E-state index contributed by atoms with van der Waals surface area (Å²) in [5.41, 5.74) is 0.993. The number of aromatic nitrogens is 2. The monoisotopic (exact) mass is 291 g/mol. The Kier molecular flexibility index (Phi) is 3.98. The second-order valence-electron chi connectivity index (χ2n) is 5.34. The molecule has 0 bridgehead atoms. The molecule has 0 unspecified atom stereocenters. The van der Waals surface area contributed by atoms with Crippen molar-refractivity contribution in [1.82, 2.24) is 15.0 Å². The fourth-order valence-electron chi connectivity index (χ4n) is 2.77. The summed E-state index contributed by atoms with van der Waals surface area (Å²) >= 11 is 0. The number of hydrogen-bond acceptors (Lipinski definition) is 5. The van der Waals surface area contributed by atoms with Crippen molar-refractivity contribution in [3.05, 3.63) is 47.4 Å². The van der Waals surface area contributed by atoms with Crippen molar-refractivity contribution in [2.75, 3.05) is 6.54 Å². The number of β-amino-alcohol motifs (C(OH)–C–C–N with tert-alkyl or cyclic N) is 1. The van der Waals surface area contributed by atoms with Crippen LogP contribution in [-0.2, 0) is 13.0 Å². The molecule has 2 atom stereocenters. The molecule has 0 radical (unpaired) electrons. The Bertz CT molecular complexity index is 599. The zero-order valence-electron chi connectivity index (χ0n) is 11.9. The lowest BCUT2D eigenvalue weighted by Crippen LogP contribution is -2.25. The molecule has 2 aromatic rings. The van der Waals surface area contributed by atoms with Gasteiger partial charge in [0.2, 0.25) is 5.89 Å². The Hall–Kier alpha value is -1.79. The molecule has 0 amide bonds. The first-order valence-electron chi connectivity index (χ1n) is 7.14. The maximum atomic E-state index is 13.0. The van der Waals surface area contributed by atoms with E-state index in [1.54, 1.807) is 12.1 Å². The van der Waals surface area contributed by atoms with Crippen LogP contribution >= 0.6 is 0 Å². The van der Waals surface area contributed by atoms with E-state index in [0.717, 1.165) is 5.56 Å². The average Bonchev–Trinajstić information content (AvgIpc) is 3.07. The fraction of sp³-hybridized carbons (Fsp3) is 0.467. The molecule has 112 valence electrons. The number of hydrogen-bond donors (Lipinski definition) is 1. The van der Waals surface area contributed by atoms with Gasteiger partial charge in [0.1, 0.15) is 5.82 Å². The lowest BCUT2D eigenvalue weighted by molar-refractivity contribution is 0.170. The number of aryl methyl sites for hydroxylation is 1. The summed E-state index contributed by atoms with van der Waals surface area (Å²) in [6.45, 7) is 3.03. The highest BCUT2D eigenvalue weighted by atomic mass is 19.1. The number of rotatable bonds is 4. The normalized spacial score (nSPS) is 22.8. The van der Waals surface area contributed by atoms with E-state index in [-0.39, 0.29) is 11.9 Å². The smallest absolute Gasteiger partial charge is 0.226 e. The van der Waals surface area contributed by atoms with Gasteiger partial charge < -0.3 is 9.63 Å². The molecule has 1 aromatic heterocycles. The van der Waals surface area contributed by atoms with Gasteiger partial charge >= 0.3 is 0 Å². The first-order chi connectivity index (χ1) is 10.2. The first kappa shape index (κ1) is 14.2. The molecular formula is C15H18FN3O2. The fourth-order valence-corrected chi connectivity index (χ4v) is 2.77. The van der Waals surface area contributed by atoms with Crippen LogP contribution in [0, 0.1) is 5.82 Å². The molecule has 1 fully saturated rings. The molecule has 1 aliphatic rings. The van der Waals surface area contributed by atoms with Crippen molar-refractivity contribution >= 4 is 0 Å². The standard InChI is InChI=1S/C15H18FN3O2/c1-2-15-17-14(18-21-15)9-19-8-12(20)7-13(19)10-3-5-11(16)6-4-10/h3-6,12-13,20H,2,7-9H2,1H3/t12-,13+/m0/s1. The Morgan fingerprint density at radius 3 is 2.81 bits per heavy atom. The van der Waals surface area contributed by atoms with E-state index in [1.165, 1.54) is 12.1 Å². The predicted octanol–water partition coefficient (Wildman–Crippen LogP) is 2.08. The first-order valence-corrected chi connectivity index (χ1v) is 7.14. The summed E-state index contributed by atoms with van der Waals surface area (Å²) in [7, 11) is 0. The third kappa shape index (κ3) is 3.11. The molecular weight excluding hydrogens is 273 g/mol. The molecule has 0 spiro atoms. The van der Waals surface area contributed by atoms with Gasteiger partial charge in [0.05, 0.1) is 12.6 Å². The molecule has 0 saturated carbocycles. The maximum Gasteiger partial charge on any atom is 0.226 e. The van der Waals surface area contributed by atoms with E-state index >= 15 is 0 Å². The van der Waals surface area contributed by atoms with Crippen LogP contribution in [0.25, 0.3) is 0 Å². The SMILES string of the molecule is CCc1nc(CN2C[C@@H](O)C[C@@H]2c2ccc(F)cc2)no1. The van der Waals surface area contributed by atoms with Crippen molar-refractivity contribution in [3.8, 4) is 0 Å². The highest BCUT2D eigenvalue weighted by Crippen LogP contribution is 2.33. The van der Waals surface area contributed by atoms with Crippen LogP contribution in [0.2, 0.25) is 0 Å². The molecule has 5 nitrogen and oxygen atoms in total. The van der Waals surface area contributed by atoms with Gasteiger partial charge in [-0.1, -0.05) is 24.2 Å². The van der Waals surface area contributed by atoms with Crippen molar-refractivity contribution < 1.29 is 14.0 Å². The zero-order chi connectivity index (χ0) is 14.8. The Morgan fingerprint density at radius 2 is 2.14 bits per heavy atom. The average molecular weight is 291 g/mol. The van der Waals surface area contributed by atoms with Gasteiger partial charge in [-0.25, -0.2) is 4.39 Å². The summed E-state index contributed by atoms with van der Waals surface area (Å²) < 4.78 is 18.1. The van der Waals surface area contributed by atoms with E-state index < -0.39 is 6.10 Å². The minimum atomic E-state index is -0.391. The molecule has 6 heteroatoms. The molecule has 1 aromatic carbocycles. The molecule has 0 aliphatic carbocycles. The minimum Gasteiger partial charge on any atom is -0.392 e. The second-order valence-corrected chi connectivity index (χ2v) is 5.34. The largest absolute Gasteiger partial charge is 0.392 e. The van der Waals surface area contributed by atoms with Crippen LogP contribution < -0.4 is 0 Å². The highest BCUT2D eigenvalue weighted by Gasteiger charge is 2.32. The van der Waals surface area contributed by atoms with Gasteiger partial charge in [0, 0.05) is 19.0 Å². The summed E-state index contributed by atoms with van der Waals surface area (Å²) in [6, 6.07) is 6.46. The number of likely N-dealkylation sites (tertiary alicyclic amines) is 1. The number of aliphatic hydroxyl groups is 1. The van der Waals surface area contributed by atoms with Crippen LogP contribution in [-0.4, -0.2) is 32.8 Å².